The van der Waals surface area contributed by atoms with E-state index < -0.39 is 0 Å². The molecule has 0 aliphatic heterocycles. The van der Waals surface area contributed by atoms with Gasteiger partial charge in [0.15, 0.2) is 0 Å². The van der Waals surface area contributed by atoms with E-state index in [2.05, 4.69) is 15.6 Å². The molecule has 3 rings (SSSR count). The van der Waals surface area contributed by atoms with Crippen LogP contribution in [0.4, 0.5) is 11.4 Å². The molecule has 0 unspecified atom stereocenters. The Kier molecular flexibility index (Phi) is 6.46. The molecule has 0 aliphatic rings. The number of benzene rings is 2. The highest BCUT2D eigenvalue weighted by Crippen LogP contribution is 2.19. The van der Waals surface area contributed by atoms with Crippen LogP contribution in [0.1, 0.15) is 23.0 Å². The van der Waals surface area contributed by atoms with Crippen molar-refractivity contribution in [2.24, 2.45) is 0 Å². The maximum absolute atomic E-state index is 12.4. The van der Waals surface area contributed by atoms with Gasteiger partial charge in [0.25, 0.3) is 5.91 Å². The lowest BCUT2D eigenvalue weighted by Crippen LogP contribution is -2.13. The second-order valence-electron chi connectivity index (χ2n) is 6.01. The predicted molar refractivity (Wildman–Crippen MR) is 110 cm³/mol. The van der Waals surface area contributed by atoms with Crippen molar-refractivity contribution >= 4 is 17.3 Å². The number of hydrogen-bond donors (Lipinski definition) is 2. The summed E-state index contributed by atoms with van der Waals surface area (Å²) < 4.78 is 10.7. The summed E-state index contributed by atoms with van der Waals surface area (Å²) in [5.74, 6) is 1.33. The monoisotopic (exact) mass is 377 g/mol. The predicted octanol–water partition coefficient (Wildman–Crippen LogP) is 4.35. The first-order chi connectivity index (χ1) is 13.7. The van der Waals surface area contributed by atoms with Gasteiger partial charge in [0.05, 0.1) is 25.6 Å². The van der Waals surface area contributed by atoms with E-state index in [1.165, 1.54) is 0 Å². The van der Waals surface area contributed by atoms with Crippen molar-refractivity contribution in [1.82, 2.24) is 4.98 Å². The Labute approximate surface area is 164 Å². The van der Waals surface area contributed by atoms with Gasteiger partial charge >= 0.3 is 0 Å². The summed E-state index contributed by atoms with van der Waals surface area (Å²) in [6.07, 6.45) is 1.64. The maximum atomic E-state index is 12.4. The Bertz CT molecular complexity index is 909. The minimum absolute atomic E-state index is 0.263. The molecule has 6 heteroatoms. The second-order valence-corrected chi connectivity index (χ2v) is 6.01. The molecule has 144 valence electrons. The van der Waals surface area contributed by atoms with Crippen LogP contribution in [0.3, 0.4) is 0 Å². The smallest absolute Gasteiger partial charge is 0.274 e. The number of ether oxygens (including phenoxy) is 2. The number of nitrogens with one attached hydrogen (secondary N) is 2. The third kappa shape index (κ3) is 5.01. The Morgan fingerprint density at radius 3 is 2.43 bits per heavy atom. The van der Waals surface area contributed by atoms with Crippen LogP contribution in [0.5, 0.6) is 11.5 Å². The van der Waals surface area contributed by atoms with Gasteiger partial charge in [0.2, 0.25) is 0 Å². The van der Waals surface area contributed by atoms with E-state index in [0.717, 1.165) is 22.7 Å². The number of carbonyl (C=O) groups is 1. The van der Waals surface area contributed by atoms with E-state index in [1.54, 1.807) is 31.5 Å². The van der Waals surface area contributed by atoms with Gasteiger partial charge in [0, 0.05) is 17.8 Å². The summed E-state index contributed by atoms with van der Waals surface area (Å²) in [5, 5.41) is 6.11. The lowest BCUT2D eigenvalue weighted by Gasteiger charge is -2.11. The molecule has 2 N–H and O–H groups in total. The minimum Gasteiger partial charge on any atom is -0.496 e. The van der Waals surface area contributed by atoms with Crippen LogP contribution in [-0.4, -0.2) is 24.6 Å². The summed E-state index contributed by atoms with van der Waals surface area (Å²) in [6, 6.07) is 18.6. The van der Waals surface area contributed by atoms with Crippen molar-refractivity contribution in [1.29, 1.82) is 0 Å². The molecule has 2 aromatic carbocycles. The number of hydrogen-bond acceptors (Lipinski definition) is 5. The van der Waals surface area contributed by atoms with Gasteiger partial charge in [-0.25, -0.2) is 4.98 Å². The van der Waals surface area contributed by atoms with Gasteiger partial charge in [-0.1, -0.05) is 18.2 Å². The van der Waals surface area contributed by atoms with Gasteiger partial charge in [-0.2, -0.15) is 0 Å². The Hall–Kier alpha value is -3.54. The SMILES string of the molecule is CCOc1ccc(NC(=O)c2ccc(NCc3ccccc3OC)cn2)cc1. The van der Waals surface area contributed by atoms with Crippen molar-refractivity contribution < 1.29 is 14.3 Å². The topological polar surface area (TPSA) is 72.5 Å². The first kappa shape index (κ1) is 19.2. The minimum atomic E-state index is -0.263. The van der Waals surface area contributed by atoms with E-state index in [9.17, 15) is 4.79 Å². The van der Waals surface area contributed by atoms with E-state index in [0.29, 0.717) is 24.5 Å². The van der Waals surface area contributed by atoms with Crippen LogP contribution in [0.15, 0.2) is 66.9 Å². The molecular formula is C22H23N3O3. The van der Waals surface area contributed by atoms with Crippen LogP contribution in [-0.2, 0) is 6.54 Å². The quantitative estimate of drug-likeness (QED) is 0.610. The molecule has 1 heterocycles. The lowest BCUT2D eigenvalue weighted by molar-refractivity contribution is 0.102. The van der Waals surface area contributed by atoms with E-state index in [4.69, 9.17) is 9.47 Å². The number of amides is 1. The highest BCUT2D eigenvalue weighted by Gasteiger charge is 2.08. The number of aromatic nitrogens is 1. The summed E-state index contributed by atoms with van der Waals surface area (Å²) in [5.41, 5.74) is 2.90. The second kappa shape index (κ2) is 9.41. The number of methoxy groups -OCH3 is 1. The average Bonchev–Trinajstić information content (AvgIpc) is 2.74. The zero-order valence-electron chi connectivity index (χ0n) is 15.9. The van der Waals surface area contributed by atoms with Crippen LogP contribution in [0.25, 0.3) is 0 Å². The maximum Gasteiger partial charge on any atom is 0.274 e. The van der Waals surface area contributed by atoms with E-state index in [-0.39, 0.29) is 5.91 Å². The number of anilines is 2. The fourth-order valence-electron chi connectivity index (χ4n) is 2.68. The molecule has 28 heavy (non-hydrogen) atoms. The van der Waals surface area contributed by atoms with Gasteiger partial charge in [-0.15, -0.1) is 0 Å². The normalized spacial score (nSPS) is 10.2. The van der Waals surface area contributed by atoms with Gasteiger partial charge < -0.3 is 20.1 Å². The summed E-state index contributed by atoms with van der Waals surface area (Å²) >= 11 is 0. The Balaban J connectivity index is 1.58. The van der Waals surface area contributed by atoms with Crippen LogP contribution in [0.2, 0.25) is 0 Å². The molecule has 0 spiro atoms. The number of carbonyl (C=O) groups excluding carboxylic acids is 1. The number of rotatable bonds is 8. The third-order valence-electron chi connectivity index (χ3n) is 4.09. The molecule has 3 aromatic rings. The molecule has 0 fully saturated rings. The first-order valence-electron chi connectivity index (χ1n) is 9.05. The largest absolute Gasteiger partial charge is 0.496 e. The van der Waals surface area contributed by atoms with Crippen molar-refractivity contribution in [2.45, 2.75) is 13.5 Å². The van der Waals surface area contributed by atoms with Gasteiger partial charge in [-0.3, -0.25) is 4.79 Å². The summed E-state index contributed by atoms with van der Waals surface area (Å²) in [6.45, 7) is 3.13. The Morgan fingerprint density at radius 1 is 1.00 bits per heavy atom. The van der Waals surface area contributed by atoms with E-state index in [1.807, 2.05) is 49.4 Å². The van der Waals surface area contributed by atoms with Crippen molar-refractivity contribution in [2.75, 3.05) is 24.4 Å². The Morgan fingerprint density at radius 2 is 1.75 bits per heavy atom. The number of para-hydroxylation sites is 1. The average molecular weight is 377 g/mol. The molecule has 1 amide bonds. The zero-order valence-corrected chi connectivity index (χ0v) is 15.9. The van der Waals surface area contributed by atoms with Crippen LogP contribution < -0.4 is 20.1 Å². The lowest BCUT2D eigenvalue weighted by atomic mass is 10.2. The van der Waals surface area contributed by atoms with Gasteiger partial charge in [0.1, 0.15) is 17.2 Å². The molecule has 0 bridgehead atoms. The highest BCUT2D eigenvalue weighted by molar-refractivity contribution is 6.02. The standard InChI is InChI=1S/C22H23N3O3/c1-3-28-19-11-8-17(9-12-19)25-22(26)20-13-10-18(15-24-20)23-14-16-6-4-5-7-21(16)27-2/h4-13,15,23H,3,14H2,1-2H3,(H,25,26). The summed E-state index contributed by atoms with van der Waals surface area (Å²) in [7, 11) is 1.65. The fraction of sp³-hybridized carbons (Fsp3) is 0.182. The highest BCUT2D eigenvalue weighted by atomic mass is 16.5. The molecular weight excluding hydrogens is 354 g/mol. The zero-order chi connectivity index (χ0) is 19.8. The van der Waals surface area contributed by atoms with E-state index >= 15 is 0 Å². The van der Waals surface area contributed by atoms with Crippen LogP contribution >= 0.6 is 0 Å². The summed E-state index contributed by atoms with van der Waals surface area (Å²) in [4.78, 5) is 16.6. The third-order valence-corrected chi connectivity index (χ3v) is 4.09. The molecule has 6 nitrogen and oxygen atoms in total. The number of nitrogens with zero attached hydrogens (tertiary/aromatic N) is 1. The fourth-order valence-corrected chi connectivity index (χ4v) is 2.68. The number of pyridine rings is 1. The van der Waals surface area contributed by atoms with Crippen molar-refractivity contribution in [3.8, 4) is 11.5 Å². The van der Waals surface area contributed by atoms with Crippen molar-refractivity contribution in [3.63, 3.8) is 0 Å². The van der Waals surface area contributed by atoms with Crippen molar-refractivity contribution in [3.05, 3.63) is 78.1 Å². The van der Waals surface area contributed by atoms with Crippen LogP contribution in [0, 0.1) is 0 Å². The van der Waals surface area contributed by atoms with Gasteiger partial charge in [-0.05, 0) is 49.4 Å². The first-order valence-corrected chi connectivity index (χ1v) is 9.05. The molecule has 0 aliphatic carbocycles. The molecule has 0 atom stereocenters. The molecule has 0 radical (unpaired) electrons. The molecule has 1 aromatic heterocycles. The molecule has 0 saturated carbocycles. The molecule has 0 saturated heterocycles.